The fourth-order valence-electron chi connectivity index (χ4n) is 1.50. The molecule has 0 saturated carbocycles. The third kappa shape index (κ3) is 1.63. The van der Waals surface area contributed by atoms with Gasteiger partial charge in [-0.05, 0) is 28.6 Å². The molecule has 2 aromatic rings. The van der Waals surface area contributed by atoms with Gasteiger partial charge in [-0.1, -0.05) is 17.7 Å². The van der Waals surface area contributed by atoms with Crippen molar-refractivity contribution >= 4 is 44.6 Å². The van der Waals surface area contributed by atoms with Crippen LogP contribution in [0.25, 0.3) is 10.1 Å². The topological polar surface area (TPSA) is 20.2 Å². The molecule has 1 heterocycles. The first kappa shape index (κ1) is 10.2. The maximum atomic E-state index is 9.26. The Bertz CT molecular complexity index is 464. The quantitative estimate of drug-likeness (QED) is 0.800. The van der Waals surface area contributed by atoms with E-state index in [4.69, 9.17) is 23.2 Å². The van der Waals surface area contributed by atoms with E-state index in [1.165, 1.54) is 11.3 Å². The molecule has 0 unspecified atom stereocenters. The first-order valence-electron chi connectivity index (χ1n) is 4.13. The van der Waals surface area contributed by atoms with Crippen molar-refractivity contribution in [3.63, 3.8) is 0 Å². The third-order valence-corrected chi connectivity index (χ3v) is 3.70. The summed E-state index contributed by atoms with van der Waals surface area (Å²) < 4.78 is 1.83. The molecule has 74 valence electrons. The van der Waals surface area contributed by atoms with E-state index in [1.807, 2.05) is 18.2 Å². The molecule has 0 aliphatic heterocycles. The molecule has 0 aliphatic rings. The minimum Gasteiger partial charge on any atom is -0.392 e. The molecule has 0 amide bonds. The van der Waals surface area contributed by atoms with Crippen molar-refractivity contribution in [3.8, 4) is 0 Å². The zero-order valence-electron chi connectivity index (χ0n) is 7.26. The number of fused-ring (bicyclic) bond motifs is 1. The summed E-state index contributed by atoms with van der Waals surface area (Å²) in [5.74, 6) is 0.416. The molecule has 1 N–H and O–H groups in total. The van der Waals surface area contributed by atoms with Gasteiger partial charge in [0.05, 0.1) is 10.9 Å². The minimum atomic E-state index is 0.00640. The van der Waals surface area contributed by atoms with Gasteiger partial charge in [-0.25, -0.2) is 0 Å². The second-order valence-electron chi connectivity index (χ2n) is 2.96. The van der Waals surface area contributed by atoms with E-state index in [-0.39, 0.29) is 6.61 Å². The summed E-state index contributed by atoms with van der Waals surface area (Å²) >= 11 is 13.2. The summed E-state index contributed by atoms with van der Waals surface area (Å²) in [7, 11) is 0. The zero-order chi connectivity index (χ0) is 10.1. The van der Waals surface area contributed by atoms with Crippen LogP contribution in [-0.2, 0) is 12.5 Å². The van der Waals surface area contributed by atoms with Gasteiger partial charge in [0.25, 0.3) is 0 Å². The van der Waals surface area contributed by atoms with Crippen molar-refractivity contribution in [2.24, 2.45) is 0 Å². The molecule has 1 aromatic heterocycles. The summed E-state index contributed by atoms with van der Waals surface area (Å²) in [6.07, 6.45) is 0. The highest BCUT2D eigenvalue weighted by Crippen LogP contribution is 2.33. The maximum absolute atomic E-state index is 9.26. The lowest BCUT2D eigenvalue weighted by Gasteiger charge is -2.04. The molecule has 1 aromatic carbocycles. The van der Waals surface area contributed by atoms with Crippen molar-refractivity contribution in [3.05, 3.63) is 33.7 Å². The summed E-state index contributed by atoms with van der Waals surface area (Å²) in [4.78, 5) is 0. The van der Waals surface area contributed by atoms with Gasteiger partial charge in [0, 0.05) is 10.6 Å². The van der Waals surface area contributed by atoms with Gasteiger partial charge in [0.15, 0.2) is 0 Å². The van der Waals surface area contributed by atoms with Crippen LogP contribution in [0.5, 0.6) is 0 Å². The van der Waals surface area contributed by atoms with E-state index in [0.717, 1.165) is 25.5 Å². The van der Waals surface area contributed by atoms with Gasteiger partial charge >= 0.3 is 0 Å². The highest BCUT2D eigenvalue weighted by molar-refractivity contribution is 7.22. The summed E-state index contributed by atoms with van der Waals surface area (Å²) in [6.45, 7) is 0.00640. The molecule has 0 aliphatic carbocycles. The highest BCUT2D eigenvalue weighted by atomic mass is 35.5. The number of benzene rings is 1. The Hall–Kier alpha value is -0.280. The number of rotatable bonds is 2. The summed E-state index contributed by atoms with van der Waals surface area (Å²) in [5.41, 5.74) is 1.86. The van der Waals surface area contributed by atoms with Gasteiger partial charge in [-0.2, -0.15) is 0 Å². The van der Waals surface area contributed by atoms with Crippen LogP contribution in [0.15, 0.2) is 18.2 Å². The predicted octanol–water partition coefficient (Wildman–Crippen LogP) is 3.79. The van der Waals surface area contributed by atoms with Gasteiger partial charge in [0.1, 0.15) is 0 Å². The van der Waals surface area contributed by atoms with E-state index in [9.17, 15) is 5.11 Å². The Balaban J connectivity index is 2.75. The van der Waals surface area contributed by atoms with E-state index in [0.29, 0.717) is 5.88 Å². The number of alkyl halides is 1. The van der Waals surface area contributed by atoms with Crippen molar-refractivity contribution in [2.45, 2.75) is 12.5 Å². The average molecular weight is 247 g/mol. The second kappa shape index (κ2) is 4.07. The molecule has 0 fully saturated rings. The van der Waals surface area contributed by atoms with Crippen LogP contribution in [0.1, 0.15) is 11.1 Å². The van der Waals surface area contributed by atoms with Crippen LogP contribution in [-0.4, -0.2) is 5.11 Å². The zero-order valence-corrected chi connectivity index (χ0v) is 9.59. The molecule has 0 radical (unpaired) electrons. The van der Waals surface area contributed by atoms with Gasteiger partial charge in [-0.15, -0.1) is 22.9 Å². The number of halogens is 2. The Labute approximate surface area is 95.9 Å². The maximum Gasteiger partial charge on any atom is 0.0940 e. The van der Waals surface area contributed by atoms with E-state index in [1.54, 1.807) is 0 Å². The summed E-state index contributed by atoms with van der Waals surface area (Å²) in [5, 5.41) is 10.3. The first-order valence-corrected chi connectivity index (χ1v) is 5.85. The number of hydrogen-bond acceptors (Lipinski definition) is 2. The molecule has 0 bridgehead atoms. The van der Waals surface area contributed by atoms with Crippen LogP contribution < -0.4 is 0 Å². The Morgan fingerprint density at radius 2 is 2.14 bits per heavy atom. The molecular weight excluding hydrogens is 239 g/mol. The molecule has 2 rings (SSSR count). The fraction of sp³-hybridized carbons (Fsp3) is 0.200. The van der Waals surface area contributed by atoms with Crippen molar-refractivity contribution in [1.82, 2.24) is 0 Å². The number of hydrogen-bond donors (Lipinski definition) is 1. The number of aliphatic hydroxyl groups excluding tert-OH is 1. The van der Waals surface area contributed by atoms with Gasteiger partial charge in [0.2, 0.25) is 0 Å². The SMILES string of the molecule is OCc1c(CCl)ccc2sc(Cl)cc12. The van der Waals surface area contributed by atoms with E-state index in [2.05, 4.69) is 0 Å². The van der Waals surface area contributed by atoms with Crippen molar-refractivity contribution in [2.75, 3.05) is 0 Å². The van der Waals surface area contributed by atoms with Crippen LogP contribution in [0, 0.1) is 0 Å². The third-order valence-electron chi connectivity index (χ3n) is 2.18. The number of thiophene rings is 1. The summed E-state index contributed by atoms with van der Waals surface area (Å²) in [6, 6.07) is 5.81. The largest absolute Gasteiger partial charge is 0.392 e. The fourth-order valence-corrected chi connectivity index (χ4v) is 2.92. The standard InChI is InChI=1S/C10H8Cl2OS/c11-4-6-1-2-9-7(8(6)5-13)3-10(12)14-9/h1-3,13H,4-5H2. The lowest BCUT2D eigenvalue weighted by molar-refractivity contribution is 0.282. The van der Waals surface area contributed by atoms with Gasteiger partial charge in [-0.3, -0.25) is 0 Å². The molecule has 4 heteroatoms. The second-order valence-corrected chi connectivity index (χ2v) is 4.94. The van der Waals surface area contributed by atoms with Crippen LogP contribution in [0.4, 0.5) is 0 Å². The lowest BCUT2D eigenvalue weighted by atomic mass is 10.1. The van der Waals surface area contributed by atoms with E-state index >= 15 is 0 Å². The smallest absolute Gasteiger partial charge is 0.0940 e. The average Bonchev–Trinajstić information content (AvgIpc) is 2.56. The molecule has 0 spiro atoms. The van der Waals surface area contributed by atoms with Crippen molar-refractivity contribution in [1.29, 1.82) is 0 Å². The molecule has 0 saturated heterocycles. The van der Waals surface area contributed by atoms with Crippen LogP contribution >= 0.6 is 34.5 Å². The van der Waals surface area contributed by atoms with Crippen LogP contribution in [0.2, 0.25) is 4.34 Å². The van der Waals surface area contributed by atoms with Crippen molar-refractivity contribution < 1.29 is 5.11 Å². The lowest BCUT2D eigenvalue weighted by Crippen LogP contribution is -1.91. The Morgan fingerprint density at radius 1 is 1.36 bits per heavy atom. The number of aliphatic hydroxyl groups is 1. The molecular formula is C10H8Cl2OS. The Morgan fingerprint density at radius 3 is 2.79 bits per heavy atom. The molecule has 1 nitrogen and oxygen atoms in total. The molecule has 0 atom stereocenters. The monoisotopic (exact) mass is 246 g/mol. The van der Waals surface area contributed by atoms with E-state index < -0.39 is 0 Å². The molecule has 14 heavy (non-hydrogen) atoms. The highest BCUT2D eigenvalue weighted by Gasteiger charge is 2.08. The predicted molar refractivity (Wildman–Crippen MR) is 62.3 cm³/mol. The first-order chi connectivity index (χ1) is 6.76. The Kier molecular flexibility index (Phi) is 2.98. The van der Waals surface area contributed by atoms with Crippen LogP contribution in [0.3, 0.4) is 0 Å². The minimum absolute atomic E-state index is 0.00640. The van der Waals surface area contributed by atoms with Gasteiger partial charge < -0.3 is 5.11 Å². The normalized spacial score (nSPS) is 11.1.